The standard InChI is InChI=1S/C19H16BrN3O/c20-15-6-4-5-14(11-15)12-19(24)23-17-9-10-18(21-13-17)22-16-7-2-1-3-8-16/h1-11,13H,12H2,(H,21,22)(H,23,24). The Hall–Kier alpha value is -2.66. The predicted molar refractivity (Wildman–Crippen MR) is 100 cm³/mol. The number of amides is 1. The molecule has 0 radical (unpaired) electrons. The number of nitrogens with one attached hydrogen (secondary N) is 2. The van der Waals surface area contributed by atoms with Gasteiger partial charge in [0, 0.05) is 10.2 Å². The van der Waals surface area contributed by atoms with Gasteiger partial charge in [-0.25, -0.2) is 4.98 Å². The summed E-state index contributed by atoms with van der Waals surface area (Å²) in [5.74, 6) is 0.657. The second kappa shape index (κ2) is 7.75. The van der Waals surface area contributed by atoms with Gasteiger partial charge in [-0.05, 0) is 42.0 Å². The Morgan fingerprint density at radius 1 is 0.958 bits per heavy atom. The summed E-state index contributed by atoms with van der Waals surface area (Å²) >= 11 is 3.41. The molecule has 0 spiro atoms. The van der Waals surface area contributed by atoms with Crippen LogP contribution in [0.5, 0.6) is 0 Å². The van der Waals surface area contributed by atoms with Gasteiger partial charge in [-0.1, -0.05) is 46.3 Å². The van der Waals surface area contributed by atoms with Crippen LogP contribution in [0.1, 0.15) is 5.56 Å². The number of para-hydroxylation sites is 1. The van der Waals surface area contributed by atoms with E-state index >= 15 is 0 Å². The van der Waals surface area contributed by atoms with Crippen molar-refractivity contribution in [2.45, 2.75) is 6.42 Å². The van der Waals surface area contributed by atoms with E-state index in [1.54, 1.807) is 6.20 Å². The van der Waals surface area contributed by atoms with Gasteiger partial charge in [-0.3, -0.25) is 4.79 Å². The van der Waals surface area contributed by atoms with Crippen molar-refractivity contribution in [2.75, 3.05) is 10.6 Å². The number of halogens is 1. The van der Waals surface area contributed by atoms with Crippen molar-refractivity contribution >= 4 is 39.0 Å². The molecule has 0 saturated heterocycles. The second-order valence-corrected chi connectivity index (χ2v) is 6.19. The van der Waals surface area contributed by atoms with Gasteiger partial charge in [0.25, 0.3) is 0 Å². The van der Waals surface area contributed by atoms with Gasteiger partial charge in [0.2, 0.25) is 5.91 Å². The van der Waals surface area contributed by atoms with E-state index < -0.39 is 0 Å². The summed E-state index contributed by atoms with van der Waals surface area (Å²) in [7, 11) is 0. The van der Waals surface area contributed by atoms with E-state index in [1.165, 1.54) is 0 Å². The van der Waals surface area contributed by atoms with Crippen molar-refractivity contribution in [3.05, 3.63) is 83.0 Å². The Kier molecular flexibility index (Phi) is 5.23. The third kappa shape index (κ3) is 4.67. The largest absolute Gasteiger partial charge is 0.340 e. The fourth-order valence-corrected chi connectivity index (χ4v) is 2.70. The van der Waals surface area contributed by atoms with Crippen LogP contribution in [0.15, 0.2) is 77.4 Å². The third-order valence-corrected chi connectivity index (χ3v) is 3.84. The topological polar surface area (TPSA) is 54.0 Å². The Bertz CT molecular complexity index is 820. The van der Waals surface area contributed by atoms with Gasteiger partial charge in [-0.15, -0.1) is 0 Å². The molecule has 3 aromatic rings. The molecule has 3 rings (SSSR count). The first-order chi connectivity index (χ1) is 11.7. The summed E-state index contributed by atoms with van der Waals surface area (Å²) in [5.41, 5.74) is 2.60. The number of hydrogen-bond donors (Lipinski definition) is 2. The molecule has 2 aromatic carbocycles. The molecule has 0 aliphatic rings. The molecule has 0 bridgehead atoms. The molecule has 1 aromatic heterocycles. The van der Waals surface area contributed by atoms with E-state index in [2.05, 4.69) is 31.5 Å². The summed E-state index contributed by atoms with van der Waals surface area (Å²) in [6, 6.07) is 21.2. The summed E-state index contributed by atoms with van der Waals surface area (Å²) in [6.45, 7) is 0. The maximum absolute atomic E-state index is 12.1. The average Bonchev–Trinajstić information content (AvgIpc) is 2.57. The van der Waals surface area contributed by atoms with Crippen LogP contribution in [0.3, 0.4) is 0 Å². The molecule has 0 saturated carbocycles. The van der Waals surface area contributed by atoms with Crippen LogP contribution >= 0.6 is 15.9 Å². The van der Waals surface area contributed by atoms with Crippen molar-refractivity contribution in [1.29, 1.82) is 0 Å². The highest BCUT2D eigenvalue weighted by atomic mass is 79.9. The number of rotatable bonds is 5. The van der Waals surface area contributed by atoms with Crippen molar-refractivity contribution in [3.63, 3.8) is 0 Å². The lowest BCUT2D eigenvalue weighted by molar-refractivity contribution is -0.115. The smallest absolute Gasteiger partial charge is 0.228 e. The summed E-state index contributed by atoms with van der Waals surface area (Å²) < 4.78 is 0.964. The van der Waals surface area contributed by atoms with E-state index in [-0.39, 0.29) is 5.91 Å². The summed E-state index contributed by atoms with van der Waals surface area (Å²) in [4.78, 5) is 16.4. The minimum atomic E-state index is -0.0707. The first kappa shape index (κ1) is 16.2. The number of pyridine rings is 1. The maximum atomic E-state index is 12.1. The molecule has 0 aliphatic carbocycles. The molecule has 1 amide bonds. The molecule has 1 heterocycles. The fraction of sp³-hybridized carbons (Fsp3) is 0.0526. The number of carbonyl (C=O) groups is 1. The zero-order chi connectivity index (χ0) is 16.8. The fourth-order valence-electron chi connectivity index (χ4n) is 2.25. The molecule has 0 atom stereocenters. The zero-order valence-electron chi connectivity index (χ0n) is 12.9. The van der Waals surface area contributed by atoms with Gasteiger partial charge in [-0.2, -0.15) is 0 Å². The Labute approximate surface area is 149 Å². The highest BCUT2D eigenvalue weighted by molar-refractivity contribution is 9.10. The summed E-state index contributed by atoms with van der Waals surface area (Å²) in [6.07, 6.45) is 1.97. The van der Waals surface area contributed by atoms with E-state index in [0.29, 0.717) is 12.1 Å². The number of aromatic nitrogens is 1. The van der Waals surface area contributed by atoms with Crippen LogP contribution in [0.25, 0.3) is 0 Å². The Morgan fingerprint density at radius 3 is 2.50 bits per heavy atom. The number of anilines is 3. The first-order valence-corrected chi connectivity index (χ1v) is 8.31. The van der Waals surface area contributed by atoms with Gasteiger partial charge >= 0.3 is 0 Å². The lowest BCUT2D eigenvalue weighted by atomic mass is 10.1. The van der Waals surface area contributed by atoms with Crippen LogP contribution in [-0.2, 0) is 11.2 Å². The number of benzene rings is 2. The Balaban J connectivity index is 1.58. The van der Waals surface area contributed by atoms with Gasteiger partial charge in [0.05, 0.1) is 18.3 Å². The zero-order valence-corrected chi connectivity index (χ0v) is 14.5. The van der Waals surface area contributed by atoms with Crippen molar-refractivity contribution in [2.24, 2.45) is 0 Å². The molecule has 4 nitrogen and oxygen atoms in total. The molecule has 5 heteroatoms. The normalized spacial score (nSPS) is 10.2. The van der Waals surface area contributed by atoms with E-state index in [9.17, 15) is 4.79 Å². The lowest BCUT2D eigenvalue weighted by Gasteiger charge is -2.08. The minimum absolute atomic E-state index is 0.0707. The van der Waals surface area contributed by atoms with Crippen molar-refractivity contribution in [1.82, 2.24) is 4.98 Å². The van der Waals surface area contributed by atoms with Crippen LogP contribution in [0, 0.1) is 0 Å². The predicted octanol–water partition coefficient (Wildman–Crippen LogP) is 4.77. The first-order valence-electron chi connectivity index (χ1n) is 7.51. The molecular formula is C19H16BrN3O. The molecule has 0 aliphatic heterocycles. The highest BCUT2D eigenvalue weighted by Crippen LogP contribution is 2.16. The Morgan fingerprint density at radius 2 is 1.79 bits per heavy atom. The molecule has 120 valence electrons. The van der Waals surface area contributed by atoms with Crippen LogP contribution in [0.4, 0.5) is 17.2 Å². The highest BCUT2D eigenvalue weighted by Gasteiger charge is 2.05. The molecule has 24 heavy (non-hydrogen) atoms. The van der Waals surface area contributed by atoms with Crippen LogP contribution in [-0.4, -0.2) is 10.9 Å². The second-order valence-electron chi connectivity index (χ2n) is 5.28. The average molecular weight is 382 g/mol. The quantitative estimate of drug-likeness (QED) is 0.669. The van der Waals surface area contributed by atoms with E-state index in [0.717, 1.165) is 21.5 Å². The monoisotopic (exact) mass is 381 g/mol. The van der Waals surface area contributed by atoms with Crippen LogP contribution < -0.4 is 10.6 Å². The molecule has 0 unspecified atom stereocenters. The van der Waals surface area contributed by atoms with Crippen LogP contribution in [0.2, 0.25) is 0 Å². The van der Waals surface area contributed by atoms with Crippen molar-refractivity contribution < 1.29 is 4.79 Å². The van der Waals surface area contributed by atoms with Gasteiger partial charge in [0.1, 0.15) is 5.82 Å². The SMILES string of the molecule is O=C(Cc1cccc(Br)c1)Nc1ccc(Nc2ccccc2)nc1. The molecule has 0 fully saturated rings. The number of nitrogens with zero attached hydrogens (tertiary/aromatic N) is 1. The van der Waals surface area contributed by atoms with Gasteiger partial charge in [0.15, 0.2) is 0 Å². The van der Waals surface area contributed by atoms with Gasteiger partial charge < -0.3 is 10.6 Å². The summed E-state index contributed by atoms with van der Waals surface area (Å²) in [5, 5.41) is 6.06. The molecular weight excluding hydrogens is 366 g/mol. The maximum Gasteiger partial charge on any atom is 0.228 e. The van der Waals surface area contributed by atoms with Crippen molar-refractivity contribution in [3.8, 4) is 0 Å². The minimum Gasteiger partial charge on any atom is -0.340 e. The van der Waals surface area contributed by atoms with E-state index in [1.807, 2.05) is 66.7 Å². The lowest BCUT2D eigenvalue weighted by Crippen LogP contribution is -2.14. The van der Waals surface area contributed by atoms with E-state index in [4.69, 9.17) is 0 Å². The molecule has 2 N–H and O–H groups in total. The third-order valence-electron chi connectivity index (χ3n) is 3.35. The number of carbonyl (C=O) groups excluding carboxylic acids is 1. The number of hydrogen-bond acceptors (Lipinski definition) is 3.